The van der Waals surface area contributed by atoms with Gasteiger partial charge in [-0.1, -0.05) is 59.6 Å². The topological polar surface area (TPSA) is 145 Å². The highest BCUT2D eigenvalue weighted by Gasteiger charge is 2.27. The maximum atomic E-state index is 13.7. The zero-order valence-corrected chi connectivity index (χ0v) is 27.8. The Morgan fingerprint density at radius 1 is 1.08 bits per heavy atom. The van der Waals surface area contributed by atoms with E-state index in [1.54, 1.807) is 25.4 Å². The van der Waals surface area contributed by atoms with Crippen LogP contribution in [-0.2, 0) is 25.9 Å². The normalized spacial score (nSPS) is 15.0. The Kier molecular flexibility index (Phi) is 10.5. The molecule has 0 spiro atoms. The van der Waals surface area contributed by atoms with Gasteiger partial charge >= 0.3 is 0 Å². The first-order chi connectivity index (χ1) is 23.3. The zero-order valence-electron chi connectivity index (χ0n) is 26.3. The first-order valence-electron chi connectivity index (χ1n) is 15.6. The summed E-state index contributed by atoms with van der Waals surface area (Å²) in [6, 6.07) is 14.6. The molecule has 13 heteroatoms. The van der Waals surface area contributed by atoms with Crippen molar-refractivity contribution < 1.29 is 24.5 Å². The standard InChI is InChI=1S/C35H34Cl2N6O5/c1-47-35-30(20-43-17-22(45)18-43)39-16-28(41-35)26-7-3-6-24(34(26)37)23-5-2-4-21(33(23)36)14-31(46)27-15-32(48-13-9-38)25-8-10-42(11-12-44)19-29(25)40-27/h2-7,15-16,22,44-45H,8,10-14,17-20H2,1H3. The number of aromatic nitrogens is 3. The Bertz CT molecular complexity index is 1880. The van der Waals surface area contributed by atoms with E-state index in [4.69, 9.17) is 42.9 Å². The molecular weight excluding hydrogens is 655 g/mol. The van der Waals surface area contributed by atoms with Gasteiger partial charge in [-0.3, -0.25) is 19.6 Å². The maximum absolute atomic E-state index is 13.7. The Morgan fingerprint density at radius 2 is 1.83 bits per heavy atom. The number of Topliss-reactive ketones (excluding diaryl/α,β-unsaturated/α-hetero) is 1. The summed E-state index contributed by atoms with van der Waals surface area (Å²) in [5, 5.41) is 29.0. The molecule has 2 aromatic carbocycles. The van der Waals surface area contributed by atoms with E-state index in [0.29, 0.717) is 107 Å². The summed E-state index contributed by atoms with van der Waals surface area (Å²) in [4.78, 5) is 31.8. The number of hydrogen-bond acceptors (Lipinski definition) is 11. The van der Waals surface area contributed by atoms with Crippen LogP contribution in [0.5, 0.6) is 11.6 Å². The first-order valence-corrected chi connectivity index (χ1v) is 16.3. The highest BCUT2D eigenvalue weighted by atomic mass is 35.5. The third-order valence-corrected chi connectivity index (χ3v) is 9.38. The van der Waals surface area contributed by atoms with Crippen molar-refractivity contribution in [2.45, 2.75) is 32.0 Å². The highest BCUT2D eigenvalue weighted by Crippen LogP contribution is 2.40. The lowest BCUT2D eigenvalue weighted by atomic mass is 9.97. The number of carbonyl (C=O) groups is 1. The van der Waals surface area contributed by atoms with E-state index in [2.05, 4.69) is 19.8 Å². The summed E-state index contributed by atoms with van der Waals surface area (Å²) < 4.78 is 11.3. The molecule has 2 aliphatic heterocycles. The number of pyridine rings is 1. The van der Waals surface area contributed by atoms with Gasteiger partial charge in [0.1, 0.15) is 23.2 Å². The number of benzene rings is 2. The predicted octanol–water partition coefficient (Wildman–Crippen LogP) is 4.38. The molecule has 48 heavy (non-hydrogen) atoms. The highest BCUT2D eigenvalue weighted by molar-refractivity contribution is 6.38. The molecule has 0 atom stereocenters. The molecule has 0 unspecified atom stereocenters. The quantitative estimate of drug-likeness (QED) is 0.205. The van der Waals surface area contributed by atoms with Gasteiger partial charge in [-0.2, -0.15) is 5.26 Å². The molecule has 1 fully saturated rings. The van der Waals surface area contributed by atoms with E-state index in [1.165, 1.54) is 0 Å². The molecule has 2 N–H and O–H groups in total. The van der Waals surface area contributed by atoms with Gasteiger partial charge in [-0.25, -0.2) is 9.97 Å². The summed E-state index contributed by atoms with van der Waals surface area (Å²) in [7, 11) is 1.54. The largest absolute Gasteiger partial charge is 0.480 e. The van der Waals surface area contributed by atoms with Crippen molar-refractivity contribution in [1.29, 1.82) is 5.26 Å². The van der Waals surface area contributed by atoms with Gasteiger partial charge in [0.05, 0.1) is 47.5 Å². The van der Waals surface area contributed by atoms with E-state index in [-0.39, 0.29) is 37.2 Å². The lowest BCUT2D eigenvalue weighted by molar-refractivity contribution is -0.00403. The Hall–Kier alpha value is -4.15. The second-order valence-corrected chi connectivity index (χ2v) is 12.5. The fourth-order valence-corrected chi connectivity index (χ4v) is 6.70. The van der Waals surface area contributed by atoms with Crippen LogP contribution >= 0.6 is 23.2 Å². The fraction of sp³-hybridized carbons (Fsp3) is 0.343. The molecule has 0 bridgehead atoms. The number of hydrogen-bond donors (Lipinski definition) is 2. The molecule has 0 radical (unpaired) electrons. The van der Waals surface area contributed by atoms with Crippen LogP contribution in [0, 0.1) is 11.3 Å². The Balaban J connectivity index is 1.27. The summed E-state index contributed by atoms with van der Waals surface area (Å²) in [6.07, 6.45) is 1.95. The van der Waals surface area contributed by atoms with Gasteiger partial charge in [0.25, 0.3) is 0 Å². The summed E-state index contributed by atoms with van der Waals surface area (Å²) in [5.74, 6) is 0.601. The van der Waals surface area contributed by atoms with Gasteiger partial charge in [-0.15, -0.1) is 0 Å². The minimum Gasteiger partial charge on any atom is -0.480 e. The van der Waals surface area contributed by atoms with Crippen molar-refractivity contribution in [3.05, 3.63) is 86.9 Å². The van der Waals surface area contributed by atoms with Crippen molar-refractivity contribution in [3.63, 3.8) is 0 Å². The summed E-state index contributed by atoms with van der Waals surface area (Å²) >= 11 is 14.0. The minimum atomic E-state index is -0.319. The van der Waals surface area contributed by atoms with E-state index in [0.717, 1.165) is 5.56 Å². The lowest BCUT2D eigenvalue weighted by Crippen LogP contribution is -2.50. The van der Waals surface area contributed by atoms with Crippen molar-refractivity contribution >= 4 is 29.0 Å². The number of halogens is 2. The van der Waals surface area contributed by atoms with E-state index in [9.17, 15) is 15.0 Å². The van der Waals surface area contributed by atoms with Gasteiger partial charge < -0.3 is 19.7 Å². The van der Waals surface area contributed by atoms with Crippen LogP contribution in [0.2, 0.25) is 10.0 Å². The molecule has 0 aliphatic carbocycles. The van der Waals surface area contributed by atoms with Gasteiger partial charge in [0, 0.05) is 74.0 Å². The number of β-amino-alcohol motifs (C(OH)–C–C–N with tert-alkyl or cyclic N) is 2. The van der Waals surface area contributed by atoms with Crippen LogP contribution < -0.4 is 9.47 Å². The molecule has 248 valence electrons. The first kappa shape index (κ1) is 33.7. The summed E-state index contributed by atoms with van der Waals surface area (Å²) in [6.45, 7) is 3.22. The van der Waals surface area contributed by atoms with Crippen LogP contribution in [0.25, 0.3) is 22.4 Å². The molecule has 4 aromatic rings. The Labute approximate surface area is 288 Å². The molecule has 0 amide bonds. The van der Waals surface area contributed by atoms with Crippen LogP contribution in [-0.4, -0.2) is 93.4 Å². The van der Waals surface area contributed by atoms with Crippen LogP contribution in [0.1, 0.15) is 33.0 Å². The zero-order chi connectivity index (χ0) is 33.8. The lowest BCUT2D eigenvalue weighted by Gasteiger charge is -2.35. The number of fused-ring (bicyclic) bond motifs is 1. The molecule has 4 heterocycles. The molecule has 1 saturated heterocycles. The Morgan fingerprint density at radius 3 is 2.56 bits per heavy atom. The van der Waals surface area contributed by atoms with E-state index < -0.39 is 0 Å². The van der Waals surface area contributed by atoms with Crippen molar-refractivity contribution in [2.24, 2.45) is 0 Å². The molecule has 2 aromatic heterocycles. The number of likely N-dealkylation sites (tertiary alicyclic amines) is 1. The molecule has 0 saturated carbocycles. The number of methoxy groups -OCH3 is 1. The fourth-order valence-electron chi connectivity index (χ4n) is 6.08. The smallest absolute Gasteiger partial charge is 0.237 e. The van der Waals surface area contributed by atoms with Crippen molar-refractivity contribution in [2.75, 3.05) is 46.5 Å². The van der Waals surface area contributed by atoms with E-state index in [1.807, 2.05) is 36.4 Å². The molecular formula is C35H34Cl2N6O5. The predicted molar refractivity (Wildman–Crippen MR) is 180 cm³/mol. The number of nitriles is 1. The van der Waals surface area contributed by atoms with Crippen molar-refractivity contribution in [1.82, 2.24) is 24.8 Å². The number of ketones is 1. The second-order valence-electron chi connectivity index (χ2n) is 11.7. The number of nitrogens with zero attached hydrogens (tertiary/aromatic N) is 6. The van der Waals surface area contributed by atoms with Crippen molar-refractivity contribution in [3.8, 4) is 40.1 Å². The molecule has 11 nitrogen and oxygen atoms in total. The number of rotatable bonds is 12. The average Bonchev–Trinajstić information content (AvgIpc) is 3.07. The van der Waals surface area contributed by atoms with Gasteiger partial charge in [0.15, 0.2) is 12.4 Å². The SMILES string of the molecule is COc1nc(-c2cccc(-c3cccc(CC(=O)c4cc(OCC#N)c5c(n4)CN(CCO)CC5)c3Cl)c2Cl)cnc1CN1CC(O)C1. The average molecular weight is 690 g/mol. The number of carbonyl (C=O) groups excluding carboxylic acids is 1. The minimum absolute atomic E-state index is 0.0205. The number of aliphatic hydroxyl groups is 2. The van der Waals surface area contributed by atoms with Gasteiger partial charge in [0.2, 0.25) is 5.88 Å². The van der Waals surface area contributed by atoms with Crippen LogP contribution in [0.3, 0.4) is 0 Å². The van der Waals surface area contributed by atoms with Crippen LogP contribution in [0.4, 0.5) is 0 Å². The second kappa shape index (κ2) is 15.0. The van der Waals surface area contributed by atoms with Crippen LogP contribution in [0.15, 0.2) is 48.7 Å². The third kappa shape index (κ3) is 7.15. The van der Waals surface area contributed by atoms with Gasteiger partial charge in [-0.05, 0) is 12.0 Å². The summed E-state index contributed by atoms with van der Waals surface area (Å²) in [5.41, 5.74) is 5.54. The monoisotopic (exact) mass is 688 g/mol. The third-order valence-electron chi connectivity index (χ3n) is 8.53. The van der Waals surface area contributed by atoms with E-state index >= 15 is 0 Å². The molecule has 6 rings (SSSR count). The number of ether oxygens (including phenoxy) is 2. The molecule has 2 aliphatic rings. The maximum Gasteiger partial charge on any atom is 0.237 e. The number of aliphatic hydroxyl groups excluding tert-OH is 2.